The lowest BCUT2D eigenvalue weighted by atomic mass is 10.1. The number of benzene rings is 3. The molecular formula is C24H20Br2N2O3. The smallest absolute Gasteiger partial charge is 0.255 e. The van der Waals surface area contributed by atoms with E-state index in [4.69, 9.17) is 9.15 Å². The van der Waals surface area contributed by atoms with Crippen LogP contribution in [-0.2, 0) is 6.54 Å². The number of nitrogens with zero attached hydrogens (tertiary/aromatic N) is 1. The first-order valence-corrected chi connectivity index (χ1v) is 11.2. The molecule has 0 fully saturated rings. The van der Waals surface area contributed by atoms with Crippen LogP contribution in [0.1, 0.15) is 27.0 Å². The van der Waals surface area contributed by atoms with E-state index >= 15 is 0 Å². The van der Waals surface area contributed by atoms with Crippen molar-refractivity contribution in [1.29, 1.82) is 0 Å². The van der Waals surface area contributed by atoms with Crippen molar-refractivity contribution in [2.45, 2.75) is 20.4 Å². The second-order valence-electron chi connectivity index (χ2n) is 7.27. The van der Waals surface area contributed by atoms with E-state index in [-0.39, 0.29) is 5.91 Å². The number of methoxy groups -OCH3 is 1. The number of carbonyl (C=O) groups is 1. The van der Waals surface area contributed by atoms with Crippen molar-refractivity contribution in [1.82, 2.24) is 10.3 Å². The summed E-state index contributed by atoms with van der Waals surface area (Å²) >= 11 is 6.83. The van der Waals surface area contributed by atoms with Gasteiger partial charge in [0, 0.05) is 16.6 Å². The van der Waals surface area contributed by atoms with Crippen molar-refractivity contribution in [3.63, 3.8) is 0 Å². The Morgan fingerprint density at radius 3 is 2.48 bits per heavy atom. The van der Waals surface area contributed by atoms with Crippen molar-refractivity contribution >= 4 is 48.9 Å². The summed E-state index contributed by atoms with van der Waals surface area (Å²) in [5, 5.41) is 2.94. The maximum Gasteiger partial charge on any atom is 0.255 e. The minimum Gasteiger partial charge on any atom is -0.495 e. The summed E-state index contributed by atoms with van der Waals surface area (Å²) in [4.78, 5) is 17.3. The van der Waals surface area contributed by atoms with Gasteiger partial charge in [-0.05, 0) is 82.9 Å². The average molecular weight is 544 g/mol. The lowest BCUT2D eigenvalue weighted by molar-refractivity contribution is 0.0947. The van der Waals surface area contributed by atoms with Gasteiger partial charge in [-0.1, -0.05) is 28.1 Å². The number of aromatic nitrogens is 1. The first-order valence-electron chi connectivity index (χ1n) is 9.64. The molecule has 1 heterocycles. The van der Waals surface area contributed by atoms with Gasteiger partial charge in [0.1, 0.15) is 11.3 Å². The molecule has 0 spiro atoms. The van der Waals surface area contributed by atoms with Gasteiger partial charge in [0.05, 0.1) is 17.1 Å². The number of ether oxygens (including phenoxy) is 1. The van der Waals surface area contributed by atoms with Crippen LogP contribution in [0.15, 0.2) is 61.9 Å². The van der Waals surface area contributed by atoms with Crippen LogP contribution in [0.25, 0.3) is 22.6 Å². The number of nitrogens with one attached hydrogen (secondary N) is 1. The Bertz CT molecular complexity index is 1240. The molecule has 0 aliphatic rings. The number of hydrogen-bond acceptors (Lipinski definition) is 4. The third-order valence-electron chi connectivity index (χ3n) is 5.11. The van der Waals surface area contributed by atoms with E-state index in [1.54, 1.807) is 6.07 Å². The van der Waals surface area contributed by atoms with Crippen molar-refractivity contribution in [2.24, 2.45) is 0 Å². The van der Waals surface area contributed by atoms with Gasteiger partial charge in [-0.25, -0.2) is 4.98 Å². The predicted octanol–water partition coefficient (Wildman–Crippen LogP) is 6.58. The van der Waals surface area contributed by atoms with Crippen molar-refractivity contribution in [3.8, 4) is 17.2 Å². The van der Waals surface area contributed by atoms with Gasteiger partial charge in [0.2, 0.25) is 5.89 Å². The summed E-state index contributed by atoms with van der Waals surface area (Å²) in [6.45, 7) is 4.51. The number of carbonyl (C=O) groups excluding carboxylic acids is 1. The fraction of sp³-hybridized carbons (Fsp3) is 0.167. The number of aryl methyl sites for hydroxylation is 2. The van der Waals surface area contributed by atoms with Crippen LogP contribution in [0.2, 0.25) is 0 Å². The standard InChI is InChI=1S/C24H20Br2N2O3/c1-13-8-20-21(9-14(13)2)31-24(28-20)16-6-4-15(5-7-16)12-27-23(29)18-10-17(25)11-19(26)22(18)30-3/h4-11H,12H2,1-3H3,(H,27,29). The Morgan fingerprint density at radius 2 is 1.77 bits per heavy atom. The fourth-order valence-electron chi connectivity index (χ4n) is 3.28. The van der Waals surface area contributed by atoms with Crippen molar-refractivity contribution in [3.05, 3.63) is 79.7 Å². The molecule has 1 N–H and O–H groups in total. The fourth-order valence-corrected chi connectivity index (χ4v) is 4.67. The molecular weight excluding hydrogens is 524 g/mol. The highest BCUT2D eigenvalue weighted by Gasteiger charge is 2.16. The lowest BCUT2D eigenvalue weighted by Gasteiger charge is -2.12. The van der Waals surface area contributed by atoms with Gasteiger partial charge in [0.25, 0.3) is 5.91 Å². The van der Waals surface area contributed by atoms with E-state index in [0.717, 1.165) is 26.7 Å². The molecule has 0 aliphatic carbocycles. The van der Waals surface area contributed by atoms with Crippen LogP contribution >= 0.6 is 31.9 Å². The summed E-state index contributed by atoms with van der Waals surface area (Å²) in [5.41, 5.74) is 6.31. The van der Waals surface area contributed by atoms with Crippen LogP contribution in [0.4, 0.5) is 0 Å². The highest BCUT2D eigenvalue weighted by atomic mass is 79.9. The Labute approximate surface area is 197 Å². The molecule has 1 amide bonds. The zero-order valence-electron chi connectivity index (χ0n) is 17.3. The van der Waals surface area contributed by atoms with E-state index in [0.29, 0.717) is 28.2 Å². The Balaban J connectivity index is 1.49. The molecule has 5 nitrogen and oxygen atoms in total. The molecule has 3 aromatic carbocycles. The van der Waals surface area contributed by atoms with Crippen LogP contribution < -0.4 is 10.1 Å². The maximum absolute atomic E-state index is 12.7. The molecule has 0 aliphatic heterocycles. The topological polar surface area (TPSA) is 64.4 Å². The van der Waals surface area contributed by atoms with E-state index in [9.17, 15) is 4.79 Å². The normalized spacial score (nSPS) is 11.0. The maximum atomic E-state index is 12.7. The zero-order valence-corrected chi connectivity index (χ0v) is 20.4. The summed E-state index contributed by atoms with van der Waals surface area (Å²) in [7, 11) is 1.54. The first kappa shape index (κ1) is 21.6. The van der Waals surface area contributed by atoms with Crippen LogP contribution in [0, 0.1) is 13.8 Å². The number of halogens is 2. The molecule has 4 rings (SSSR count). The molecule has 0 unspecified atom stereocenters. The van der Waals surface area contributed by atoms with Gasteiger partial charge >= 0.3 is 0 Å². The molecule has 0 atom stereocenters. The van der Waals surface area contributed by atoms with E-state index in [1.807, 2.05) is 42.5 Å². The number of rotatable bonds is 5. The zero-order chi connectivity index (χ0) is 22.1. The van der Waals surface area contributed by atoms with Crippen LogP contribution in [-0.4, -0.2) is 18.0 Å². The van der Waals surface area contributed by atoms with E-state index < -0.39 is 0 Å². The highest BCUT2D eigenvalue weighted by molar-refractivity contribution is 9.11. The van der Waals surface area contributed by atoms with Crippen LogP contribution in [0.3, 0.4) is 0 Å². The molecule has 0 radical (unpaired) electrons. The minimum absolute atomic E-state index is 0.215. The van der Waals surface area contributed by atoms with Gasteiger partial charge in [0.15, 0.2) is 5.58 Å². The number of fused-ring (bicyclic) bond motifs is 1. The third-order valence-corrected chi connectivity index (χ3v) is 6.16. The highest BCUT2D eigenvalue weighted by Crippen LogP contribution is 2.32. The Hall–Kier alpha value is -2.64. The number of oxazole rings is 1. The predicted molar refractivity (Wildman–Crippen MR) is 128 cm³/mol. The molecule has 158 valence electrons. The SMILES string of the molecule is COc1c(Br)cc(Br)cc1C(=O)NCc1ccc(-c2nc3cc(C)c(C)cc3o2)cc1. The van der Waals surface area contributed by atoms with Crippen molar-refractivity contribution < 1.29 is 13.9 Å². The van der Waals surface area contributed by atoms with Gasteiger partial charge < -0.3 is 14.5 Å². The monoisotopic (exact) mass is 542 g/mol. The summed E-state index contributed by atoms with van der Waals surface area (Å²) < 4.78 is 12.8. The minimum atomic E-state index is -0.215. The lowest BCUT2D eigenvalue weighted by Crippen LogP contribution is -2.23. The van der Waals surface area contributed by atoms with Crippen molar-refractivity contribution in [2.75, 3.05) is 7.11 Å². The first-order chi connectivity index (χ1) is 14.9. The molecule has 4 aromatic rings. The van der Waals surface area contributed by atoms with E-state index in [1.165, 1.54) is 18.2 Å². The number of hydrogen-bond donors (Lipinski definition) is 1. The van der Waals surface area contributed by atoms with Gasteiger partial charge in [-0.2, -0.15) is 0 Å². The van der Waals surface area contributed by atoms with Crippen LogP contribution in [0.5, 0.6) is 5.75 Å². The Kier molecular flexibility index (Phi) is 6.16. The second kappa shape index (κ2) is 8.85. The third kappa shape index (κ3) is 4.52. The molecule has 31 heavy (non-hydrogen) atoms. The summed E-state index contributed by atoms with van der Waals surface area (Å²) in [6, 6.07) is 15.4. The van der Waals surface area contributed by atoms with Gasteiger partial charge in [-0.15, -0.1) is 0 Å². The molecule has 0 bridgehead atoms. The second-order valence-corrected chi connectivity index (χ2v) is 9.04. The largest absolute Gasteiger partial charge is 0.495 e. The van der Waals surface area contributed by atoms with E-state index in [2.05, 4.69) is 56.0 Å². The summed E-state index contributed by atoms with van der Waals surface area (Å²) in [6.07, 6.45) is 0. The quantitative estimate of drug-likeness (QED) is 0.309. The molecule has 1 aromatic heterocycles. The Morgan fingerprint density at radius 1 is 1.06 bits per heavy atom. The number of amides is 1. The summed E-state index contributed by atoms with van der Waals surface area (Å²) in [5.74, 6) is 0.865. The van der Waals surface area contributed by atoms with Gasteiger partial charge in [-0.3, -0.25) is 4.79 Å². The molecule has 0 saturated carbocycles. The molecule has 0 saturated heterocycles. The average Bonchev–Trinajstić information content (AvgIpc) is 3.14. The molecule has 7 heteroatoms.